The molecule has 3 N–H and O–H groups in total. The summed E-state index contributed by atoms with van der Waals surface area (Å²) in [6, 6.07) is 1.96. The minimum absolute atomic E-state index is 0.0278. The first-order valence-electron chi connectivity index (χ1n) is 5.83. The number of carboxylic acids is 1. The number of halogens is 4. The molecular formula is C12H12ClF3N2O3. The molecule has 0 spiro atoms. The van der Waals surface area contributed by atoms with Crippen LogP contribution in [0.1, 0.15) is 18.4 Å². The molecule has 0 aliphatic rings. The van der Waals surface area contributed by atoms with Gasteiger partial charge in [0.15, 0.2) is 0 Å². The molecule has 2 amide bonds. The Labute approximate surface area is 123 Å². The van der Waals surface area contributed by atoms with Gasteiger partial charge in [-0.15, -0.1) is 0 Å². The molecule has 0 aromatic heterocycles. The Bertz CT molecular complexity index is 535. The van der Waals surface area contributed by atoms with Crippen molar-refractivity contribution in [2.45, 2.75) is 19.0 Å². The van der Waals surface area contributed by atoms with Gasteiger partial charge >= 0.3 is 18.2 Å². The van der Waals surface area contributed by atoms with Crippen LogP contribution >= 0.6 is 11.6 Å². The lowest BCUT2D eigenvalue weighted by atomic mass is 10.1. The van der Waals surface area contributed by atoms with Gasteiger partial charge in [-0.3, -0.25) is 4.79 Å². The molecule has 0 atom stereocenters. The summed E-state index contributed by atoms with van der Waals surface area (Å²) in [5.74, 6) is -1.02. The third-order valence-corrected chi connectivity index (χ3v) is 2.62. The van der Waals surface area contributed by atoms with Gasteiger partial charge in [0.05, 0.1) is 11.3 Å². The van der Waals surface area contributed by atoms with Crippen LogP contribution in [0.4, 0.5) is 23.7 Å². The Morgan fingerprint density at radius 3 is 2.52 bits per heavy atom. The highest BCUT2D eigenvalue weighted by molar-refractivity contribution is 6.31. The van der Waals surface area contributed by atoms with E-state index in [1.807, 2.05) is 5.32 Å². The first-order valence-corrected chi connectivity index (χ1v) is 6.21. The summed E-state index contributed by atoms with van der Waals surface area (Å²) in [5, 5.41) is 12.8. The number of aliphatic carboxylic acids is 1. The first-order chi connectivity index (χ1) is 9.70. The van der Waals surface area contributed by atoms with Crippen LogP contribution < -0.4 is 10.6 Å². The fourth-order valence-electron chi connectivity index (χ4n) is 1.48. The van der Waals surface area contributed by atoms with Crippen molar-refractivity contribution < 1.29 is 27.9 Å². The summed E-state index contributed by atoms with van der Waals surface area (Å²) in [6.45, 7) is 0.0278. The SMILES string of the molecule is O=C(O)CCCNC(=O)Nc1cc(Cl)ccc1C(F)(F)F. The lowest BCUT2D eigenvalue weighted by Gasteiger charge is -2.14. The zero-order chi connectivity index (χ0) is 16.0. The monoisotopic (exact) mass is 324 g/mol. The number of alkyl halides is 3. The van der Waals surface area contributed by atoms with Crippen molar-refractivity contribution >= 4 is 29.3 Å². The van der Waals surface area contributed by atoms with E-state index in [0.717, 1.165) is 18.2 Å². The van der Waals surface area contributed by atoms with E-state index in [9.17, 15) is 22.8 Å². The maximum atomic E-state index is 12.7. The molecule has 1 rings (SSSR count). The summed E-state index contributed by atoms with van der Waals surface area (Å²) in [4.78, 5) is 21.7. The number of nitrogens with one attached hydrogen (secondary N) is 2. The number of amides is 2. The van der Waals surface area contributed by atoms with Crippen molar-refractivity contribution in [2.75, 3.05) is 11.9 Å². The van der Waals surface area contributed by atoms with Crippen LogP contribution in [0.3, 0.4) is 0 Å². The Balaban J connectivity index is 2.67. The van der Waals surface area contributed by atoms with Crippen molar-refractivity contribution in [2.24, 2.45) is 0 Å². The molecule has 0 saturated carbocycles. The van der Waals surface area contributed by atoms with Crippen molar-refractivity contribution in [3.05, 3.63) is 28.8 Å². The van der Waals surface area contributed by atoms with E-state index in [1.54, 1.807) is 0 Å². The fraction of sp³-hybridized carbons (Fsp3) is 0.333. The smallest absolute Gasteiger partial charge is 0.418 e. The predicted octanol–water partition coefficient (Wildman–Crippen LogP) is 3.35. The molecule has 0 radical (unpaired) electrons. The molecule has 5 nitrogen and oxygen atoms in total. The molecular weight excluding hydrogens is 313 g/mol. The van der Waals surface area contributed by atoms with Crippen LogP contribution in [0.25, 0.3) is 0 Å². The molecule has 0 aliphatic carbocycles. The fourth-order valence-corrected chi connectivity index (χ4v) is 1.65. The summed E-state index contributed by atoms with van der Waals surface area (Å²) in [5.41, 5.74) is -1.49. The van der Waals surface area contributed by atoms with Gasteiger partial charge in [-0.25, -0.2) is 4.79 Å². The normalized spacial score (nSPS) is 11.0. The van der Waals surface area contributed by atoms with Gasteiger partial charge in [-0.1, -0.05) is 11.6 Å². The number of carbonyl (C=O) groups excluding carboxylic acids is 1. The highest BCUT2D eigenvalue weighted by Gasteiger charge is 2.33. The Morgan fingerprint density at radius 2 is 1.95 bits per heavy atom. The molecule has 0 saturated heterocycles. The lowest BCUT2D eigenvalue weighted by Crippen LogP contribution is -2.30. The van der Waals surface area contributed by atoms with Gasteiger partial charge in [0.1, 0.15) is 0 Å². The molecule has 0 unspecified atom stereocenters. The zero-order valence-electron chi connectivity index (χ0n) is 10.6. The highest BCUT2D eigenvalue weighted by Crippen LogP contribution is 2.36. The second kappa shape index (κ2) is 7.16. The highest BCUT2D eigenvalue weighted by atomic mass is 35.5. The number of rotatable bonds is 5. The van der Waals surface area contributed by atoms with Crippen LogP contribution in [0.15, 0.2) is 18.2 Å². The van der Waals surface area contributed by atoms with E-state index in [0.29, 0.717) is 0 Å². The first kappa shape index (κ1) is 17.1. The molecule has 0 heterocycles. The second-order valence-electron chi connectivity index (χ2n) is 4.07. The van der Waals surface area contributed by atoms with Crippen molar-refractivity contribution in [1.82, 2.24) is 5.32 Å². The van der Waals surface area contributed by atoms with Gasteiger partial charge < -0.3 is 15.7 Å². The number of hydrogen-bond acceptors (Lipinski definition) is 2. The van der Waals surface area contributed by atoms with Crippen molar-refractivity contribution in [3.63, 3.8) is 0 Å². The number of benzene rings is 1. The van der Waals surface area contributed by atoms with Gasteiger partial charge in [-0.05, 0) is 24.6 Å². The number of hydrogen-bond donors (Lipinski definition) is 3. The van der Waals surface area contributed by atoms with Crippen LogP contribution in [-0.4, -0.2) is 23.7 Å². The molecule has 0 bridgehead atoms. The second-order valence-corrected chi connectivity index (χ2v) is 4.50. The largest absolute Gasteiger partial charge is 0.481 e. The van der Waals surface area contributed by atoms with Crippen LogP contribution in [0.2, 0.25) is 5.02 Å². The maximum Gasteiger partial charge on any atom is 0.418 e. The van der Waals surface area contributed by atoms with E-state index >= 15 is 0 Å². The van der Waals surface area contributed by atoms with Crippen molar-refractivity contribution in [3.8, 4) is 0 Å². The predicted molar refractivity (Wildman–Crippen MR) is 70.3 cm³/mol. The van der Waals surface area contributed by atoms with Gasteiger partial charge in [0.25, 0.3) is 0 Å². The molecule has 0 fully saturated rings. The summed E-state index contributed by atoms with van der Waals surface area (Å²) >= 11 is 5.61. The van der Waals surface area contributed by atoms with E-state index in [2.05, 4.69) is 5.32 Å². The third kappa shape index (κ3) is 5.90. The molecule has 9 heteroatoms. The average molecular weight is 325 g/mol. The number of anilines is 1. The zero-order valence-corrected chi connectivity index (χ0v) is 11.4. The molecule has 1 aromatic carbocycles. The lowest BCUT2D eigenvalue weighted by molar-refractivity contribution is -0.138. The molecule has 21 heavy (non-hydrogen) atoms. The summed E-state index contributed by atoms with van der Waals surface area (Å²) < 4.78 is 38.2. The summed E-state index contributed by atoms with van der Waals surface area (Å²) in [6.07, 6.45) is -4.60. The Morgan fingerprint density at radius 1 is 1.29 bits per heavy atom. The quantitative estimate of drug-likeness (QED) is 0.727. The number of carboxylic acid groups (broad SMARTS) is 1. The molecule has 1 aromatic rings. The van der Waals surface area contributed by atoms with E-state index < -0.39 is 29.4 Å². The van der Waals surface area contributed by atoms with E-state index in [-0.39, 0.29) is 24.4 Å². The van der Waals surface area contributed by atoms with Crippen molar-refractivity contribution in [1.29, 1.82) is 0 Å². The Hall–Kier alpha value is -1.96. The number of urea groups is 1. The van der Waals surface area contributed by atoms with Crippen LogP contribution in [0.5, 0.6) is 0 Å². The number of carbonyl (C=O) groups is 2. The van der Waals surface area contributed by atoms with E-state index in [1.165, 1.54) is 0 Å². The van der Waals surface area contributed by atoms with Crippen LogP contribution in [0, 0.1) is 0 Å². The van der Waals surface area contributed by atoms with Gasteiger partial charge in [0.2, 0.25) is 0 Å². The van der Waals surface area contributed by atoms with E-state index in [4.69, 9.17) is 16.7 Å². The summed E-state index contributed by atoms with van der Waals surface area (Å²) in [7, 11) is 0. The van der Waals surface area contributed by atoms with Gasteiger partial charge in [0, 0.05) is 18.0 Å². The topological polar surface area (TPSA) is 78.4 Å². The average Bonchev–Trinajstić information content (AvgIpc) is 2.33. The Kier molecular flexibility index (Phi) is 5.83. The molecule has 0 aliphatic heterocycles. The van der Waals surface area contributed by atoms with Crippen LogP contribution in [-0.2, 0) is 11.0 Å². The van der Waals surface area contributed by atoms with Gasteiger partial charge in [-0.2, -0.15) is 13.2 Å². The standard InChI is InChI=1S/C12H12ClF3N2O3/c13-7-3-4-8(12(14,15)16)9(6-7)18-11(21)17-5-1-2-10(19)20/h3-4,6H,1-2,5H2,(H,19,20)(H2,17,18,21). The third-order valence-electron chi connectivity index (χ3n) is 2.39. The maximum absolute atomic E-state index is 12.7. The minimum Gasteiger partial charge on any atom is -0.481 e. The minimum atomic E-state index is -4.63. The molecule has 116 valence electrons.